The first kappa shape index (κ1) is 33.0. The van der Waals surface area contributed by atoms with Gasteiger partial charge in [0.2, 0.25) is 12.9 Å². The minimum atomic E-state index is -4.22. The van der Waals surface area contributed by atoms with E-state index in [0.717, 1.165) is 11.0 Å². The molecule has 1 heterocycles. The standard InChI is InChI=1S/C35H34N2O9S/c1-3-10-27-29(18-16-28(33(27)42-2)34(38)36-45-22-25-13-8-5-9-14-25)46-32(26-15-17-30-31(21-26)44-23-43-30)35(39)37-47(40,41)20-19-24-11-6-4-7-12-24/h4-9,11-21,32H,3,10,22-23H2,1-2H3,(H,36,38)(H,37,39)/b20-19+. The monoisotopic (exact) mass is 658 g/mol. The van der Waals surface area contributed by atoms with Crippen LogP contribution in [0.4, 0.5) is 0 Å². The van der Waals surface area contributed by atoms with Gasteiger partial charge in [-0.2, -0.15) is 0 Å². The number of nitrogens with one attached hydrogen (secondary N) is 2. The second-order valence-corrected chi connectivity index (χ2v) is 12.0. The summed E-state index contributed by atoms with van der Waals surface area (Å²) in [4.78, 5) is 32.2. The van der Waals surface area contributed by atoms with Crippen LogP contribution in [-0.4, -0.2) is 34.1 Å². The Labute approximate surface area is 273 Å². The Balaban J connectivity index is 1.43. The summed E-state index contributed by atoms with van der Waals surface area (Å²) in [5.74, 6) is -0.176. The fourth-order valence-corrected chi connectivity index (χ4v) is 5.66. The van der Waals surface area contributed by atoms with E-state index in [1.165, 1.54) is 25.3 Å². The zero-order chi connectivity index (χ0) is 33.2. The number of hydrogen-bond donors (Lipinski definition) is 2. The van der Waals surface area contributed by atoms with Gasteiger partial charge in [0.05, 0.1) is 24.7 Å². The second kappa shape index (κ2) is 15.3. The van der Waals surface area contributed by atoms with Crippen LogP contribution in [0.3, 0.4) is 0 Å². The molecule has 4 aromatic carbocycles. The maximum atomic E-state index is 13.7. The molecule has 0 bridgehead atoms. The zero-order valence-electron chi connectivity index (χ0n) is 25.8. The highest BCUT2D eigenvalue weighted by Crippen LogP contribution is 2.39. The molecular weight excluding hydrogens is 624 g/mol. The van der Waals surface area contributed by atoms with Gasteiger partial charge in [0.1, 0.15) is 11.5 Å². The minimum Gasteiger partial charge on any atom is -0.495 e. The van der Waals surface area contributed by atoms with E-state index in [4.69, 9.17) is 23.8 Å². The average molecular weight is 659 g/mol. The van der Waals surface area contributed by atoms with Crippen molar-refractivity contribution >= 4 is 27.9 Å². The van der Waals surface area contributed by atoms with E-state index >= 15 is 0 Å². The van der Waals surface area contributed by atoms with Crippen molar-refractivity contribution in [3.05, 3.63) is 124 Å². The summed E-state index contributed by atoms with van der Waals surface area (Å²) in [6.07, 6.45) is 0.988. The zero-order valence-corrected chi connectivity index (χ0v) is 26.6. The van der Waals surface area contributed by atoms with Crippen LogP contribution in [0.1, 0.15) is 52.1 Å². The number of methoxy groups -OCH3 is 1. The summed E-state index contributed by atoms with van der Waals surface area (Å²) in [5, 5.41) is 0.912. The molecule has 11 nitrogen and oxygen atoms in total. The van der Waals surface area contributed by atoms with Crippen LogP contribution < -0.4 is 29.1 Å². The van der Waals surface area contributed by atoms with Crippen molar-refractivity contribution in [3.63, 3.8) is 0 Å². The van der Waals surface area contributed by atoms with E-state index in [2.05, 4.69) is 10.2 Å². The van der Waals surface area contributed by atoms with Crippen molar-refractivity contribution in [2.45, 2.75) is 32.5 Å². The van der Waals surface area contributed by atoms with Crippen LogP contribution in [0.25, 0.3) is 6.08 Å². The van der Waals surface area contributed by atoms with E-state index in [1.54, 1.807) is 42.5 Å². The summed E-state index contributed by atoms with van der Waals surface area (Å²) < 4.78 is 50.9. The molecule has 0 spiro atoms. The number of hydroxylamine groups is 1. The summed E-state index contributed by atoms with van der Waals surface area (Å²) in [6.45, 7) is 2.10. The quantitative estimate of drug-likeness (QED) is 0.169. The molecule has 1 aliphatic heterocycles. The summed E-state index contributed by atoms with van der Waals surface area (Å²) in [5.41, 5.74) is 4.97. The lowest BCUT2D eigenvalue weighted by Gasteiger charge is -2.23. The van der Waals surface area contributed by atoms with E-state index < -0.39 is 27.9 Å². The van der Waals surface area contributed by atoms with Gasteiger partial charge in [-0.25, -0.2) is 18.6 Å². The van der Waals surface area contributed by atoms with Crippen LogP contribution in [0, 0.1) is 0 Å². The Kier molecular flexibility index (Phi) is 10.8. The molecule has 0 aliphatic carbocycles. The number of amides is 2. The normalized spacial score (nSPS) is 12.8. The third-order valence-electron chi connectivity index (χ3n) is 7.08. The molecule has 1 atom stereocenters. The number of carbonyl (C=O) groups is 2. The molecule has 2 amide bonds. The topological polar surface area (TPSA) is 138 Å². The highest BCUT2D eigenvalue weighted by atomic mass is 32.2. The van der Waals surface area contributed by atoms with Gasteiger partial charge in [-0.3, -0.25) is 14.4 Å². The molecule has 0 fully saturated rings. The maximum absolute atomic E-state index is 13.7. The molecule has 4 aromatic rings. The molecular formula is C35H34N2O9S. The van der Waals surface area contributed by atoms with Crippen molar-refractivity contribution < 1.29 is 41.8 Å². The average Bonchev–Trinajstić information content (AvgIpc) is 3.55. The first-order valence-electron chi connectivity index (χ1n) is 14.8. The lowest BCUT2D eigenvalue weighted by atomic mass is 10.0. The van der Waals surface area contributed by atoms with Crippen LogP contribution in [0.2, 0.25) is 0 Å². The molecule has 244 valence electrons. The fraction of sp³-hybridized carbons (Fsp3) is 0.200. The van der Waals surface area contributed by atoms with Crippen molar-refractivity contribution in [2.75, 3.05) is 13.9 Å². The van der Waals surface area contributed by atoms with Crippen LogP contribution >= 0.6 is 0 Å². The highest BCUT2D eigenvalue weighted by molar-refractivity contribution is 7.93. The van der Waals surface area contributed by atoms with E-state index in [9.17, 15) is 18.0 Å². The van der Waals surface area contributed by atoms with Gasteiger partial charge in [-0.1, -0.05) is 80.1 Å². The van der Waals surface area contributed by atoms with Crippen molar-refractivity contribution in [3.8, 4) is 23.0 Å². The van der Waals surface area contributed by atoms with Crippen molar-refractivity contribution in [1.29, 1.82) is 0 Å². The smallest absolute Gasteiger partial charge is 0.279 e. The van der Waals surface area contributed by atoms with Gasteiger partial charge in [-0.15, -0.1) is 0 Å². The Morgan fingerprint density at radius 1 is 0.936 bits per heavy atom. The fourth-order valence-electron chi connectivity index (χ4n) is 4.87. The number of carbonyl (C=O) groups excluding carboxylic acids is 2. The first-order valence-corrected chi connectivity index (χ1v) is 16.3. The van der Waals surface area contributed by atoms with Gasteiger partial charge >= 0.3 is 0 Å². The molecule has 1 unspecified atom stereocenters. The highest BCUT2D eigenvalue weighted by Gasteiger charge is 2.30. The van der Waals surface area contributed by atoms with Crippen molar-refractivity contribution in [1.82, 2.24) is 10.2 Å². The van der Waals surface area contributed by atoms with Gasteiger partial charge in [0, 0.05) is 11.1 Å². The van der Waals surface area contributed by atoms with E-state index in [1.807, 2.05) is 43.3 Å². The van der Waals surface area contributed by atoms with Gasteiger partial charge in [-0.05, 0) is 47.9 Å². The van der Waals surface area contributed by atoms with E-state index in [-0.39, 0.29) is 30.5 Å². The predicted octanol–water partition coefficient (Wildman–Crippen LogP) is 5.48. The third kappa shape index (κ3) is 8.48. The lowest BCUT2D eigenvalue weighted by molar-refractivity contribution is -0.126. The Bertz CT molecular complexity index is 1850. The number of sulfonamides is 1. The van der Waals surface area contributed by atoms with Gasteiger partial charge in [0.25, 0.3) is 21.8 Å². The van der Waals surface area contributed by atoms with Gasteiger partial charge in [0.15, 0.2) is 11.5 Å². The number of hydrogen-bond acceptors (Lipinski definition) is 9. The number of benzene rings is 4. The molecule has 12 heteroatoms. The van der Waals surface area contributed by atoms with Crippen LogP contribution in [0.15, 0.2) is 96.4 Å². The third-order valence-corrected chi connectivity index (χ3v) is 8.06. The predicted molar refractivity (Wildman–Crippen MR) is 174 cm³/mol. The number of ether oxygens (including phenoxy) is 4. The molecule has 0 saturated heterocycles. The molecule has 0 aromatic heterocycles. The SMILES string of the molecule is CCCc1c(OC(C(=O)NS(=O)(=O)/C=C/c2ccccc2)c2ccc3c(c2)OCO3)ccc(C(=O)NOCc2ccccc2)c1OC. The molecule has 5 rings (SSSR count). The lowest BCUT2D eigenvalue weighted by Crippen LogP contribution is -2.36. The number of rotatable bonds is 14. The minimum absolute atomic E-state index is 0.00556. The molecule has 0 saturated carbocycles. The largest absolute Gasteiger partial charge is 0.495 e. The Hall–Kier alpha value is -5.33. The maximum Gasteiger partial charge on any atom is 0.279 e. The second-order valence-electron chi connectivity index (χ2n) is 10.4. The van der Waals surface area contributed by atoms with Crippen LogP contribution in [0.5, 0.6) is 23.0 Å². The van der Waals surface area contributed by atoms with Crippen molar-refractivity contribution in [2.24, 2.45) is 0 Å². The summed E-state index contributed by atoms with van der Waals surface area (Å²) in [6, 6.07) is 26.0. The summed E-state index contributed by atoms with van der Waals surface area (Å²) in [7, 11) is -2.80. The molecule has 2 N–H and O–H groups in total. The van der Waals surface area contributed by atoms with E-state index in [0.29, 0.717) is 41.0 Å². The Morgan fingerprint density at radius 3 is 2.38 bits per heavy atom. The number of fused-ring (bicyclic) bond motifs is 1. The first-order chi connectivity index (χ1) is 22.8. The molecule has 0 radical (unpaired) electrons. The summed E-state index contributed by atoms with van der Waals surface area (Å²) >= 11 is 0. The molecule has 47 heavy (non-hydrogen) atoms. The molecule has 1 aliphatic rings. The van der Waals surface area contributed by atoms with Gasteiger partial charge < -0.3 is 18.9 Å². The van der Waals surface area contributed by atoms with Crippen LogP contribution in [-0.2, 0) is 32.7 Å². The Morgan fingerprint density at radius 2 is 1.66 bits per heavy atom.